The molecule has 3 aromatic rings. The van der Waals surface area contributed by atoms with Crippen molar-refractivity contribution >= 4 is 45.1 Å². The van der Waals surface area contributed by atoms with E-state index in [4.69, 9.17) is 11.6 Å². The van der Waals surface area contributed by atoms with Crippen molar-refractivity contribution in [2.45, 2.75) is 6.92 Å². The molecule has 0 spiro atoms. The smallest absolute Gasteiger partial charge is 0.124 e. The van der Waals surface area contributed by atoms with Gasteiger partial charge in [0, 0.05) is 5.39 Å². The molecule has 0 amide bonds. The minimum Gasteiger partial charge on any atom is -0.173 e. The van der Waals surface area contributed by atoms with Gasteiger partial charge in [0.25, 0.3) is 0 Å². The van der Waals surface area contributed by atoms with E-state index in [0.717, 1.165) is 27.4 Å². The van der Waals surface area contributed by atoms with Crippen LogP contribution in [0.3, 0.4) is 0 Å². The first-order valence-electron chi connectivity index (χ1n) is 4.58. The molecule has 0 saturated carbocycles. The topological polar surface area (TPSA) is 25.8 Å². The zero-order valence-electron chi connectivity index (χ0n) is 7.99. The van der Waals surface area contributed by atoms with Crippen molar-refractivity contribution in [1.29, 1.82) is 0 Å². The molecule has 74 valence electrons. The lowest BCUT2D eigenvalue weighted by Crippen LogP contribution is -1.83. The Labute approximate surface area is 95.8 Å². The summed E-state index contributed by atoms with van der Waals surface area (Å²) in [6.07, 6.45) is 0. The van der Waals surface area contributed by atoms with Crippen LogP contribution in [0, 0.1) is 6.92 Å². The molecule has 3 rings (SSSR count). The van der Waals surface area contributed by atoms with Gasteiger partial charge in [0.15, 0.2) is 0 Å². The molecule has 0 atom stereocenters. The van der Waals surface area contributed by atoms with Gasteiger partial charge in [-0.1, -0.05) is 35.9 Å². The average Bonchev–Trinajstić information content (AvgIpc) is 2.75. The molecule has 0 aliphatic carbocycles. The highest BCUT2D eigenvalue weighted by atomic mass is 35.5. The summed E-state index contributed by atoms with van der Waals surface area (Å²) in [7, 11) is 0. The van der Waals surface area contributed by atoms with Crippen LogP contribution in [0.2, 0.25) is 5.02 Å². The van der Waals surface area contributed by atoms with Crippen LogP contribution in [0.4, 0.5) is 0 Å². The van der Waals surface area contributed by atoms with Gasteiger partial charge in [0.1, 0.15) is 11.0 Å². The Morgan fingerprint density at radius 2 is 1.73 bits per heavy atom. The van der Waals surface area contributed by atoms with E-state index in [9.17, 15) is 0 Å². The quantitative estimate of drug-likeness (QED) is 0.591. The Balaban J connectivity index is 2.69. The Morgan fingerprint density at radius 3 is 2.53 bits per heavy atom. The number of fused-ring (bicyclic) bond motifs is 2. The Bertz CT molecular complexity index is 605. The predicted molar refractivity (Wildman–Crippen MR) is 64.7 cm³/mol. The molecule has 0 radical (unpaired) electrons. The minimum atomic E-state index is 0.708. The lowest BCUT2D eigenvalue weighted by molar-refractivity contribution is 1.53. The Morgan fingerprint density at radius 1 is 1.07 bits per heavy atom. The Hall–Kier alpha value is -1.19. The fraction of sp³-hybridized carbons (Fsp3) is 0.0909. The first-order chi connectivity index (χ1) is 7.29. The van der Waals surface area contributed by atoms with E-state index in [0.29, 0.717) is 5.02 Å². The summed E-state index contributed by atoms with van der Waals surface area (Å²) >= 11 is 7.50. The van der Waals surface area contributed by atoms with Crippen LogP contribution in [-0.2, 0) is 0 Å². The maximum absolute atomic E-state index is 6.29. The highest BCUT2D eigenvalue weighted by molar-refractivity contribution is 7.00. The molecule has 4 heteroatoms. The SMILES string of the molecule is Cc1c2ccccc2c(Cl)c2nsnc12. The number of hydrogen-bond acceptors (Lipinski definition) is 3. The van der Waals surface area contributed by atoms with Crippen LogP contribution in [0.1, 0.15) is 5.56 Å². The van der Waals surface area contributed by atoms with Gasteiger partial charge in [-0.05, 0) is 17.9 Å². The van der Waals surface area contributed by atoms with Gasteiger partial charge >= 0.3 is 0 Å². The summed E-state index contributed by atoms with van der Waals surface area (Å²) in [5.74, 6) is 0. The molecular weight excluding hydrogens is 228 g/mol. The number of nitrogens with zero attached hydrogens (tertiary/aromatic N) is 2. The summed E-state index contributed by atoms with van der Waals surface area (Å²) < 4.78 is 8.50. The Kier molecular flexibility index (Phi) is 1.90. The van der Waals surface area contributed by atoms with Crippen LogP contribution in [0.25, 0.3) is 21.8 Å². The number of hydrogen-bond donors (Lipinski definition) is 0. The molecule has 2 nitrogen and oxygen atoms in total. The monoisotopic (exact) mass is 234 g/mol. The van der Waals surface area contributed by atoms with Crippen LogP contribution < -0.4 is 0 Å². The van der Waals surface area contributed by atoms with Crippen molar-refractivity contribution in [2.24, 2.45) is 0 Å². The molecule has 0 unspecified atom stereocenters. The largest absolute Gasteiger partial charge is 0.173 e. The minimum absolute atomic E-state index is 0.708. The van der Waals surface area contributed by atoms with Gasteiger partial charge in [-0.2, -0.15) is 8.75 Å². The molecule has 15 heavy (non-hydrogen) atoms. The molecule has 0 saturated heterocycles. The molecule has 1 heterocycles. The maximum Gasteiger partial charge on any atom is 0.124 e. The summed E-state index contributed by atoms with van der Waals surface area (Å²) in [5, 5.41) is 2.92. The van der Waals surface area contributed by atoms with Crippen molar-refractivity contribution in [3.8, 4) is 0 Å². The molecule has 2 aromatic carbocycles. The standard InChI is InChI=1S/C11H7ClN2S/c1-6-7-4-2-3-5-8(7)9(12)11-10(6)13-15-14-11/h2-5H,1H3. The molecule has 0 aliphatic rings. The number of aromatic nitrogens is 2. The molecule has 0 fully saturated rings. The number of benzene rings is 2. The third-order valence-corrected chi connectivity index (χ3v) is 3.53. The van der Waals surface area contributed by atoms with Gasteiger partial charge in [0.2, 0.25) is 0 Å². The van der Waals surface area contributed by atoms with Gasteiger partial charge < -0.3 is 0 Å². The molecule has 0 N–H and O–H groups in total. The summed E-state index contributed by atoms with van der Waals surface area (Å²) in [6, 6.07) is 8.08. The second-order valence-corrected chi connectivity index (χ2v) is 4.35. The van der Waals surface area contributed by atoms with E-state index in [1.165, 1.54) is 11.7 Å². The first-order valence-corrected chi connectivity index (χ1v) is 5.69. The lowest BCUT2D eigenvalue weighted by atomic mass is 10.0. The zero-order chi connectivity index (χ0) is 10.4. The fourth-order valence-corrected chi connectivity index (χ4v) is 2.79. The normalized spacial score (nSPS) is 11.3. The molecule has 0 bridgehead atoms. The summed E-state index contributed by atoms with van der Waals surface area (Å²) in [6.45, 7) is 2.06. The second kappa shape index (κ2) is 3.15. The van der Waals surface area contributed by atoms with Crippen molar-refractivity contribution < 1.29 is 0 Å². The van der Waals surface area contributed by atoms with Gasteiger partial charge in [0.05, 0.1) is 16.8 Å². The van der Waals surface area contributed by atoms with Crippen molar-refractivity contribution in [3.63, 3.8) is 0 Å². The van der Waals surface area contributed by atoms with Crippen LogP contribution in [0.15, 0.2) is 24.3 Å². The predicted octanol–water partition coefficient (Wildman–Crippen LogP) is 3.81. The third-order valence-electron chi connectivity index (χ3n) is 2.62. The van der Waals surface area contributed by atoms with Crippen LogP contribution >= 0.6 is 23.3 Å². The highest BCUT2D eigenvalue weighted by Gasteiger charge is 2.12. The van der Waals surface area contributed by atoms with E-state index in [2.05, 4.69) is 21.7 Å². The highest BCUT2D eigenvalue weighted by Crippen LogP contribution is 2.34. The molecule has 1 aromatic heterocycles. The van der Waals surface area contributed by atoms with Gasteiger partial charge in [-0.3, -0.25) is 0 Å². The molecular formula is C11H7ClN2S. The number of halogens is 1. The summed E-state index contributed by atoms with van der Waals surface area (Å²) in [5.41, 5.74) is 2.89. The van der Waals surface area contributed by atoms with Crippen LogP contribution in [-0.4, -0.2) is 8.75 Å². The van der Waals surface area contributed by atoms with Crippen molar-refractivity contribution in [3.05, 3.63) is 34.9 Å². The van der Waals surface area contributed by atoms with Gasteiger partial charge in [-0.15, -0.1) is 0 Å². The van der Waals surface area contributed by atoms with Gasteiger partial charge in [-0.25, -0.2) is 0 Å². The lowest BCUT2D eigenvalue weighted by Gasteiger charge is -2.04. The fourth-order valence-electron chi connectivity index (χ4n) is 1.84. The molecule has 0 aliphatic heterocycles. The maximum atomic E-state index is 6.29. The first kappa shape index (κ1) is 9.07. The third kappa shape index (κ3) is 1.17. The van der Waals surface area contributed by atoms with Crippen molar-refractivity contribution in [1.82, 2.24) is 8.75 Å². The van der Waals surface area contributed by atoms with E-state index < -0.39 is 0 Å². The average molecular weight is 235 g/mol. The second-order valence-electron chi connectivity index (χ2n) is 3.45. The van der Waals surface area contributed by atoms with Crippen LogP contribution in [0.5, 0.6) is 0 Å². The van der Waals surface area contributed by atoms with E-state index in [1.54, 1.807) is 0 Å². The van der Waals surface area contributed by atoms with E-state index >= 15 is 0 Å². The van der Waals surface area contributed by atoms with Crippen molar-refractivity contribution in [2.75, 3.05) is 0 Å². The summed E-state index contributed by atoms with van der Waals surface area (Å²) in [4.78, 5) is 0. The van der Waals surface area contributed by atoms with E-state index in [1.807, 2.05) is 18.2 Å². The number of aryl methyl sites for hydroxylation is 1. The van der Waals surface area contributed by atoms with E-state index in [-0.39, 0.29) is 0 Å². The zero-order valence-corrected chi connectivity index (χ0v) is 9.56. The number of rotatable bonds is 0.